The summed E-state index contributed by atoms with van der Waals surface area (Å²) in [6.45, 7) is 2.18. The molecule has 0 radical (unpaired) electrons. The van der Waals surface area contributed by atoms with Crippen molar-refractivity contribution in [1.82, 2.24) is 10.2 Å². The number of carbonyl (C=O) groups is 4. The quantitative estimate of drug-likeness (QED) is 0.781. The van der Waals surface area contributed by atoms with E-state index >= 15 is 0 Å². The number of likely N-dealkylation sites (tertiary alicyclic amines) is 1. The van der Waals surface area contributed by atoms with Gasteiger partial charge in [0.15, 0.2) is 6.10 Å². The van der Waals surface area contributed by atoms with Gasteiger partial charge in [-0.1, -0.05) is 11.6 Å². The number of esters is 1. The molecule has 0 aromatic heterocycles. The normalized spacial score (nSPS) is 15.6. The molecule has 0 spiro atoms. The van der Waals surface area contributed by atoms with Gasteiger partial charge in [0.25, 0.3) is 11.8 Å². The topological polar surface area (TPSA) is 102 Å². The highest BCUT2D eigenvalue weighted by atomic mass is 35.5. The van der Waals surface area contributed by atoms with Crippen LogP contribution in [0.2, 0.25) is 5.02 Å². The Bertz CT molecular complexity index is 713. The van der Waals surface area contributed by atoms with Crippen LogP contribution in [0.5, 0.6) is 0 Å². The van der Waals surface area contributed by atoms with Crippen LogP contribution in [0.15, 0.2) is 24.3 Å². The molecule has 0 unspecified atom stereocenters. The van der Waals surface area contributed by atoms with Crippen LogP contribution >= 0.6 is 11.6 Å². The number of hydrogen-bond acceptors (Lipinski definition) is 6. The molecule has 3 amide bonds. The zero-order valence-corrected chi connectivity index (χ0v) is 15.8. The van der Waals surface area contributed by atoms with E-state index in [2.05, 4.69) is 4.74 Å². The molecule has 0 aliphatic carbocycles. The first-order valence-corrected chi connectivity index (χ1v) is 8.83. The molecule has 1 aliphatic rings. The van der Waals surface area contributed by atoms with E-state index in [1.165, 1.54) is 6.92 Å². The van der Waals surface area contributed by atoms with Crippen molar-refractivity contribution in [2.24, 2.45) is 5.92 Å². The lowest BCUT2D eigenvalue weighted by atomic mass is 9.96. The number of amides is 3. The number of halogens is 1. The van der Waals surface area contributed by atoms with Crippen LogP contribution in [0.4, 0.5) is 4.79 Å². The summed E-state index contributed by atoms with van der Waals surface area (Å²) < 4.78 is 9.43. The maximum atomic E-state index is 12.5. The standard InChI is InChI=1S/C18H21ClN2O6/c1-11(15(22)20-18(25)26-2)27-17(24)13-7-9-21(10-8-13)16(23)12-3-5-14(19)6-4-12/h3-6,11,13H,7-10H2,1-2H3,(H,20,22,25)/t11-/m1/s1. The summed E-state index contributed by atoms with van der Waals surface area (Å²) in [6.07, 6.45) is -1.17. The second kappa shape index (κ2) is 9.36. The molecule has 1 aromatic rings. The molecule has 27 heavy (non-hydrogen) atoms. The molecule has 8 nitrogen and oxygen atoms in total. The van der Waals surface area contributed by atoms with Gasteiger partial charge in [0.1, 0.15) is 0 Å². The molecule has 9 heteroatoms. The van der Waals surface area contributed by atoms with Crippen molar-refractivity contribution >= 4 is 35.5 Å². The Kier molecular flexibility index (Phi) is 7.18. The largest absolute Gasteiger partial charge is 0.453 e. The zero-order chi connectivity index (χ0) is 20.0. The van der Waals surface area contributed by atoms with E-state index in [4.69, 9.17) is 16.3 Å². The van der Waals surface area contributed by atoms with Crippen molar-refractivity contribution in [3.05, 3.63) is 34.9 Å². The van der Waals surface area contributed by atoms with Gasteiger partial charge in [0.05, 0.1) is 13.0 Å². The fraction of sp³-hybridized carbons (Fsp3) is 0.444. The molecule has 0 bridgehead atoms. The Labute approximate surface area is 161 Å². The third-order valence-electron chi connectivity index (χ3n) is 4.28. The van der Waals surface area contributed by atoms with E-state index in [-0.39, 0.29) is 5.91 Å². The van der Waals surface area contributed by atoms with Crippen LogP contribution < -0.4 is 5.32 Å². The number of imide groups is 1. The summed E-state index contributed by atoms with van der Waals surface area (Å²) in [5.41, 5.74) is 0.536. The molecule has 1 saturated heterocycles. The number of hydrogen-bond donors (Lipinski definition) is 1. The first-order valence-electron chi connectivity index (χ1n) is 8.46. The zero-order valence-electron chi connectivity index (χ0n) is 15.1. The summed E-state index contributed by atoms with van der Waals surface area (Å²) in [4.78, 5) is 49.1. The van der Waals surface area contributed by atoms with Crippen LogP contribution in [-0.2, 0) is 19.1 Å². The summed E-state index contributed by atoms with van der Waals surface area (Å²) in [7, 11) is 1.12. The third kappa shape index (κ3) is 5.68. The number of ether oxygens (including phenoxy) is 2. The van der Waals surface area contributed by atoms with Gasteiger partial charge in [-0.05, 0) is 44.0 Å². The van der Waals surface area contributed by atoms with Gasteiger partial charge < -0.3 is 14.4 Å². The Morgan fingerprint density at radius 1 is 1.15 bits per heavy atom. The maximum absolute atomic E-state index is 12.5. The molecular weight excluding hydrogens is 376 g/mol. The van der Waals surface area contributed by atoms with Gasteiger partial charge >= 0.3 is 12.1 Å². The van der Waals surface area contributed by atoms with E-state index in [9.17, 15) is 19.2 Å². The Balaban J connectivity index is 1.83. The minimum Gasteiger partial charge on any atom is -0.453 e. The predicted octanol–water partition coefficient (Wildman–Crippen LogP) is 2.01. The number of piperidine rings is 1. The van der Waals surface area contributed by atoms with Gasteiger partial charge in [-0.3, -0.25) is 19.7 Å². The predicted molar refractivity (Wildman–Crippen MR) is 96.2 cm³/mol. The summed E-state index contributed by atoms with van der Waals surface area (Å²) in [5, 5.41) is 2.50. The number of rotatable bonds is 4. The summed E-state index contributed by atoms with van der Waals surface area (Å²) in [6, 6.07) is 6.62. The Morgan fingerprint density at radius 3 is 2.30 bits per heavy atom. The van der Waals surface area contributed by atoms with E-state index in [1.807, 2.05) is 5.32 Å². The molecule has 0 saturated carbocycles. The van der Waals surface area contributed by atoms with Gasteiger partial charge in [-0.2, -0.15) is 0 Å². The minimum atomic E-state index is -1.12. The molecule has 146 valence electrons. The van der Waals surface area contributed by atoms with Crippen LogP contribution in [0.1, 0.15) is 30.1 Å². The average molecular weight is 397 g/mol. The molecule has 2 rings (SSSR count). The Morgan fingerprint density at radius 2 is 1.74 bits per heavy atom. The average Bonchev–Trinajstić information content (AvgIpc) is 2.67. The van der Waals surface area contributed by atoms with Gasteiger partial charge in [0, 0.05) is 23.7 Å². The first kappa shape index (κ1) is 20.7. The maximum Gasteiger partial charge on any atom is 0.413 e. The van der Waals surface area contributed by atoms with E-state index in [0.29, 0.717) is 36.5 Å². The number of benzene rings is 1. The highest BCUT2D eigenvalue weighted by molar-refractivity contribution is 6.30. The van der Waals surface area contributed by atoms with Crippen molar-refractivity contribution in [2.45, 2.75) is 25.9 Å². The lowest BCUT2D eigenvalue weighted by Crippen LogP contribution is -2.43. The molecular formula is C18H21ClN2O6. The lowest BCUT2D eigenvalue weighted by molar-refractivity contribution is -0.159. The molecule has 1 aromatic carbocycles. The number of alkyl carbamates (subject to hydrolysis) is 1. The smallest absolute Gasteiger partial charge is 0.413 e. The number of carbonyl (C=O) groups excluding carboxylic acids is 4. The van der Waals surface area contributed by atoms with Crippen LogP contribution in [0, 0.1) is 5.92 Å². The first-order chi connectivity index (χ1) is 12.8. The second-order valence-corrected chi connectivity index (χ2v) is 6.57. The third-order valence-corrected chi connectivity index (χ3v) is 4.53. The lowest BCUT2D eigenvalue weighted by Gasteiger charge is -2.31. The van der Waals surface area contributed by atoms with E-state index < -0.39 is 30.0 Å². The highest BCUT2D eigenvalue weighted by Crippen LogP contribution is 2.21. The van der Waals surface area contributed by atoms with Crippen molar-refractivity contribution in [3.63, 3.8) is 0 Å². The molecule has 1 fully saturated rings. The van der Waals surface area contributed by atoms with Gasteiger partial charge in [0.2, 0.25) is 0 Å². The fourth-order valence-electron chi connectivity index (χ4n) is 2.67. The monoisotopic (exact) mass is 396 g/mol. The summed E-state index contributed by atoms with van der Waals surface area (Å²) >= 11 is 5.83. The molecule has 1 atom stereocenters. The minimum absolute atomic E-state index is 0.121. The summed E-state index contributed by atoms with van der Waals surface area (Å²) in [5.74, 6) is -1.82. The van der Waals surface area contributed by atoms with Crippen LogP contribution in [-0.4, -0.2) is 55.1 Å². The number of nitrogens with one attached hydrogen (secondary N) is 1. The van der Waals surface area contributed by atoms with E-state index in [1.54, 1.807) is 29.2 Å². The van der Waals surface area contributed by atoms with E-state index in [0.717, 1.165) is 7.11 Å². The van der Waals surface area contributed by atoms with Gasteiger partial charge in [-0.15, -0.1) is 0 Å². The van der Waals surface area contributed by atoms with Crippen molar-refractivity contribution in [1.29, 1.82) is 0 Å². The SMILES string of the molecule is COC(=O)NC(=O)[C@@H](C)OC(=O)C1CCN(C(=O)c2ccc(Cl)cc2)CC1. The van der Waals surface area contributed by atoms with Crippen LogP contribution in [0.25, 0.3) is 0 Å². The number of nitrogens with zero attached hydrogens (tertiary/aromatic N) is 1. The Hall–Kier alpha value is -2.61. The van der Waals surface area contributed by atoms with Crippen LogP contribution in [0.3, 0.4) is 0 Å². The fourth-order valence-corrected chi connectivity index (χ4v) is 2.80. The second-order valence-electron chi connectivity index (χ2n) is 6.13. The molecule has 1 N–H and O–H groups in total. The van der Waals surface area contributed by atoms with Crippen molar-refractivity contribution in [3.8, 4) is 0 Å². The molecule has 1 heterocycles. The highest BCUT2D eigenvalue weighted by Gasteiger charge is 2.31. The number of methoxy groups -OCH3 is 1. The molecule has 1 aliphatic heterocycles. The van der Waals surface area contributed by atoms with Crippen molar-refractivity contribution in [2.75, 3.05) is 20.2 Å². The van der Waals surface area contributed by atoms with Gasteiger partial charge in [-0.25, -0.2) is 4.79 Å². The van der Waals surface area contributed by atoms with Crippen molar-refractivity contribution < 1.29 is 28.7 Å².